The Balaban J connectivity index is 2.61. The fourth-order valence-electron chi connectivity index (χ4n) is 6.96. The Bertz CT molecular complexity index is 1750. The predicted octanol–water partition coefficient (Wildman–Crippen LogP) is 9.31. The van der Waals surface area contributed by atoms with E-state index in [1.165, 1.54) is 25.7 Å². The molecule has 0 bridgehead atoms. The molecule has 1 aliphatic carbocycles. The zero-order valence-corrected chi connectivity index (χ0v) is 43.8. The molecule has 0 aliphatic heterocycles. The minimum atomic E-state index is -5.38. The molecule has 0 radical (unpaired) electrons. The average Bonchev–Trinajstić information content (AvgIpc) is 3.33. The van der Waals surface area contributed by atoms with Crippen molar-refractivity contribution in [2.24, 2.45) is 0 Å². The molecule has 0 saturated heterocycles. The number of phosphoric acid groups is 2. The first-order valence-electron chi connectivity index (χ1n) is 25.4. The van der Waals surface area contributed by atoms with Gasteiger partial charge in [-0.2, -0.15) is 0 Å². The van der Waals surface area contributed by atoms with Gasteiger partial charge in [-0.1, -0.05) is 156 Å². The van der Waals surface area contributed by atoms with Crippen LogP contribution in [0.5, 0.6) is 0 Å². The van der Waals surface area contributed by atoms with Gasteiger partial charge in [0.25, 0.3) is 0 Å². The van der Waals surface area contributed by atoms with Gasteiger partial charge in [-0.3, -0.25) is 23.2 Å². The molecule has 9 atom stereocenters. The second-order valence-corrected chi connectivity index (χ2v) is 19.9. The van der Waals surface area contributed by atoms with E-state index in [0.717, 1.165) is 70.6 Å². The van der Waals surface area contributed by atoms with E-state index < -0.39 is 89.6 Å². The normalized spacial score (nSPS) is 22.1. The topological polar surface area (TPSA) is 276 Å². The van der Waals surface area contributed by atoms with Crippen molar-refractivity contribution in [3.8, 4) is 0 Å². The van der Waals surface area contributed by atoms with E-state index in [-0.39, 0.29) is 12.8 Å². The number of rotatable bonds is 41. The number of carbonyl (C=O) groups excluding carboxylic acids is 2. The fourth-order valence-corrected chi connectivity index (χ4v) is 8.50. The smallest absolute Gasteiger partial charge is 0.462 e. The number of hydrogen-bond acceptors (Lipinski definition) is 14. The third-order valence-electron chi connectivity index (χ3n) is 11.0. The first kappa shape index (κ1) is 65.9. The summed E-state index contributed by atoms with van der Waals surface area (Å²) in [7, 11) is -10.7. The summed E-state index contributed by atoms with van der Waals surface area (Å²) < 4.78 is 49.4. The standard InChI is InChI=1S/C52H86O17P2/c1-3-5-6-7-8-9-10-11-12-13-14-15-16-17-21-24-27-30-33-36-39-45(54)65-41-44(42-66-71(63,64)69-52-49(58)47(56)48(57)51(50(52)59)68-70(60,61)62)67-46(55)40-37-34-31-28-25-22-19-18-20-23-26-29-32-35-38-43(53)4-2/h9-10,12-13,15-16,19-20,22-23,28-29,31-32,35,38,43-44,47-53,56-59H,3-8,11,14,17-18,21,24-27,30,33-34,36-37,39-42H2,1-2H3,(H,63,64)(H2,60,61,62)/b10-9-,13-12-,16-15-,22-19-,23-20-,31-28-,32-29-,38-35+/t43-,44-,47?,48?,49?,50?,51-,52+/m1/s1. The van der Waals surface area contributed by atoms with Crippen molar-refractivity contribution >= 4 is 27.6 Å². The molecular formula is C52H86O17P2. The SMILES string of the molecule is CCCCCC/C=C\C/C=C\C/C=C\CCCCCCCCC(=O)OC[C@H](COP(=O)(O)O[C@H]1C(O)C(O)C(O)[C@@H](OP(=O)(O)O)C1O)OC(=O)CCC/C=C\C/C=C\C/C=C\C/C=C\C=C\[C@H](O)CC. The predicted molar refractivity (Wildman–Crippen MR) is 274 cm³/mol. The summed E-state index contributed by atoms with van der Waals surface area (Å²) in [5, 5.41) is 50.8. The Hall–Kier alpha value is -3.12. The minimum absolute atomic E-state index is 0.0567. The first-order chi connectivity index (χ1) is 34.0. The van der Waals surface area contributed by atoms with Crippen LogP contribution in [0.3, 0.4) is 0 Å². The molecule has 1 saturated carbocycles. The van der Waals surface area contributed by atoms with Crippen LogP contribution in [0.1, 0.15) is 155 Å². The van der Waals surface area contributed by atoms with Crippen LogP contribution >= 0.6 is 15.6 Å². The quantitative estimate of drug-likeness (QED) is 0.00931. The summed E-state index contributed by atoms with van der Waals surface area (Å²) in [5.41, 5.74) is 0. The molecule has 71 heavy (non-hydrogen) atoms. The summed E-state index contributed by atoms with van der Waals surface area (Å²) in [4.78, 5) is 54.4. The molecule has 0 heterocycles. The van der Waals surface area contributed by atoms with Crippen molar-refractivity contribution in [3.63, 3.8) is 0 Å². The van der Waals surface area contributed by atoms with Gasteiger partial charge in [0.1, 0.15) is 43.2 Å². The fraction of sp³-hybridized carbons (Fsp3) is 0.654. The molecule has 1 aliphatic rings. The van der Waals surface area contributed by atoms with E-state index >= 15 is 0 Å². The van der Waals surface area contributed by atoms with Gasteiger partial charge in [-0.25, -0.2) is 9.13 Å². The highest BCUT2D eigenvalue weighted by Gasteiger charge is 2.54. The van der Waals surface area contributed by atoms with E-state index in [1.807, 2.05) is 49.5 Å². The summed E-state index contributed by atoms with van der Waals surface area (Å²) in [6.07, 6.45) is 35.9. The van der Waals surface area contributed by atoms with Gasteiger partial charge in [0.05, 0.1) is 12.7 Å². The molecule has 0 aromatic heterocycles. The van der Waals surface area contributed by atoms with Gasteiger partial charge < -0.3 is 49.7 Å². The number of carbonyl (C=O) groups is 2. The zero-order valence-electron chi connectivity index (χ0n) is 42.0. The lowest BCUT2D eigenvalue weighted by molar-refractivity contribution is -0.216. The van der Waals surface area contributed by atoms with Crippen LogP contribution in [-0.4, -0.2) is 114 Å². The van der Waals surface area contributed by atoms with Gasteiger partial charge in [-0.15, -0.1) is 0 Å². The zero-order chi connectivity index (χ0) is 52.6. The average molecular weight is 1050 g/mol. The Morgan fingerprint density at radius 3 is 1.52 bits per heavy atom. The highest BCUT2D eigenvalue weighted by atomic mass is 31.2. The molecule has 19 heteroatoms. The minimum Gasteiger partial charge on any atom is -0.462 e. The van der Waals surface area contributed by atoms with Crippen LogP contribution in [0, 0.1) is 0 Å². The molecule has 0 amide bonds. The van der Waals surface area contributed by atoms with Gasteiger partial charge in [0.15, 0.2) is 6.10 Å². The van der Waals surface area contributed by atoms with E-state index in [0.29, 0.717) is 32.1 Å². The molecule has 1 rings (SSSR count). The maximum Gasteiger partial charge on any atom is 0.472 e. The van der Waals surface area contributed by atoms with Crippen molar-refractivity contribution in [1.29, 1.82) is 0 Å². The van der Waals surface area contributed by atoms with Crippen LogP contribution in [0.15, 0.2) is 97.2 Å². The van der Waals surface area contributed by atoms with Crippen LogP contribution < -0.4 is 0 Å². The summed E-state index contributed by atoms with van der Waals surface area (Å²) in [5.74, 6) is -1.32. The molecule has 17 nitrogen and oxygen atoms in total. The molecule has 5 unspecified atom stereocenters. The Morgan fingerprint density at radius 1 is 0.521 bits per heavy atom. The highest BCUT2D eigenvalue weighted by molar-refractivity contribution is 7.47. The number of hydrogen-bond donors (Lipinski definition) is 8. The van der Waals surface area contributed by atoms with Crippen molar-refractivity contribution in [2.75, 3.05) is 13.2 Å². The molecule has 1 fully saturated rings. The van der Waals surface area contributed by atoms with Crippen molar-refractivity contribution < 1.29 is 82.0 Å². The van der Waals surface area contributed by atoms with Crippen molar-refractivity contribution in [2.45, 2.75) is 204 Å². The van der Waals surface area contributed by atoms with E-state index in [9.17, 15) is 58.9 Å². The van der Waals surface area contributed by atoms with Crippen molar-refractivity contribution in [3.05, 3.63) is 97.2 Å². The molecule has 8 N–H and O–H groups in total. The van der Waals surface area contributed by atoms with Gasteiger partial charge in [0.2, 0.25) is 0 Å². The largest absolute Gasteiger partial charge is 0.472 e. The van der Waals surface area contributed by atoms with E-state index in [1.54, 1.807) is 6.08 Å². The number of ether oxygens (including phenoxy) is 2. The van der Waals surface area contributed by atoms with Gasteiger partial charge in [-0.05, 0) is 83.5 Å². The molecule has 406 valence electrons. The second-order valence-electron chi connectivity index (χ2n) is 17.3. The van der Waals surface area contributed by atoms with Gasteiger partial charge >= 0.3 is 27.6 Å². The maximum absolute atomic E-state index is 13.0. The van der Waals surface area contributed by atoms with Gasteiger partial charge in [0, 0.05) is 12.8 Å². The highest BCUT2D eigenvalue weighted by Crippen LogP contribution is 2.49. The number of allylic oxidation sites excluding steroid dienone is 15. The number of aliphatic hydroxyl groups is 5. The summed E-state index contributed by atoms with van der Waals surface area (Å²) in [6, 6.07) is 0. The number of aliphatic hydroxyl groups excluding tert-OH is 5. The lowest BCUT2D eigenvalue weighted by Crippen LogP contribution is -2.64. The summed E-state index contributed by atoms with van der Waals surface area (Å²) in [6.45, 7) is 2.71. The maximum atomic E-state index is 13.0. The Morgan fingerprint density at radius 2 is 0.986 bits per heavy atom. The van der Waals surface area contributed by atoms with Crippen molar-refractivity contribution in [1.82, 2.24) is 0 Å². The molecule has 0 aromatic rings. The third-order valence-corrected chi connectivity index (χ3v) is 12.6. The Labute approximate surface area is 422 Å². The van der Waals surface area contributed by atoms with Crippen LogP contribution in [-0.2, 0) is 41.8 Å². The van der Waals surface area contributed by atoms with E-state index in [2.05, 4.69) is 60.1 Å². The monoisotopic (exact) mass is 1040 g/mol. The molecular weight excluding hydrogens is 959 g/mol. The summed E-state index contributed by atoms with van der Waals surface area (Å²) >= 11 is 0. The van der Waals surface area contributed by atoms with Crippen LogP contribution in [0.25, 0.3) is 0 Å². The first-order valence-corrected chi connectivity index (χ1v) is 28.4. The second kappa shape index (κ2) is 41.3. The number of unbranched alkanes of at least 4 members (excludes halogenated alkanes) is 11. The van der Waals surface area contributed by atoms with Crippen LogP contribution in [0.4, 0.5) is 0 Å². The molecule has 0 spiro atoms. The third kappa shape index (κ3) is 35.6. The lowest BCUT2D eigenvalue weighted by Gasteiger charge is -2.43. The van der Waals surface area contributed by atoms with E-state index in [4.69, 9.17) is 18.5 Å². The Kier molecular flexibility index (Phi) is 38.3. The number of esters is 2. The van der Waals surface area contributed by atoms with Crippen LogP contribution in [0.2, 0.25) is 0 Å². The molecule has 0 aromatic carbocycles. The number of phosphoric ester groups is 2. The lowest BCUT2D eigenvalue weighted by atomic mass is 9.85.